The van der Waals surface area contributed by atoms with E-state index in [0.717, 1.165) is 6.07 Å². The largest absolute Gasteiger partial charge is 0.417 e. The quantitative estimate of drug-likeness (QED) is 0.737. The zero-order valence-electron chi connectivity index (χ0n) is 18.5. The average Bonchev–Trinajstić information content (AvgIpc) is 3.21. The Hall–Kier alpha value is -3.68. The highest BCUT2D eigenvalue weighted by molar-refractivity contribution is 5.93. The Morgan fingerprint density at radius 2 is 1.97 bits per heavy atom. The van der Waals surface area contributed by atoms with Crippen LogP contribution in [0.15, 0.2) is 36.8 Å². The van der Waals surface area contributed by atoms with Crippen molar-refractivity contribution in [3.63, 3.8) is 0 Å². The predicted octanol–water partition coefficient (Wildman–Crippen LogP) is 2.47. The first-order chi connectivity index (χ1) is 16.2. The Morgan fingerprint density at radius 1 is 1.24 bits per heavy atom. The predicted molar refractivity (Wildman–Crippen MR) is 116 cm³/mol. The number of anilines is 1. The van der Waals surface area contributed by atoms with Crippen LogP contribution in [0, 0.1) is 22.7 Å². The van der Waals surface area contributed by atoms with Crippen molar-refractivity contribution in [2.24, 2.45) is 11.3 Å². The average molecular weight is 472 g/mol. The van der Waals surface area contributed by atoms with Crippen molar-refractivity contribution in [3.8, 4) is 6.07 Å². The summed E-state index contributed by atoms with van der Waals surface area (Å²) < 4.78 is 40.2. The number of alkyl halides is 3. The number of piperidine rings is 1. The highest BCUT2D eigenvalue weighted by atomic mass is 19.4. The Bertz CT molecular complexity index is 1120. The van der Waals surface area contributed by atoms with Gasteiger partial charge in [0, 0.05) is 50.5 Å². The van der Waals surface area contributed by atoms with Gasteiger partial charge in [-0.25, -0.2) is 9.97 Å². The van der Waals surface area contributed by atoms with Gasteiger partial charge in [-0.3, -0.25) is 9.59 Å². The second-order valence-electron chi connectivity index (χ2n) is 8.64. The molecule has 2 fully saturated rings. The summed E-state index contributed by atoms with van der Waals surface area (Å²) in [6, 6.07) is 6.83. The van der Waals surface area contributed by atoms with Gasteiger partial charge in [-0.1, -0.05) is 0 Å². The van der Waals surface area contributed by atoms with Gasteiger partial charge in [0.05, 0.1) is 23.1 Å². The normalized spacial score (nSPS) is 19.7. The molecular formula is C23H23F3N6O2. The number of nitrogens with one attached hydrogen (secondary N) is 1. The minimum Gasteiger partial charge on any atom is -0.371 e. The number of halogens is 3. The third kappa shape index (κ3) is 4.27. The summed E-state index contributed by atoms with van der Waals surface area (Å²) in [7, 11) is 1.55. The van der Waals surface area contributed by atoms with E-state index in [9.17, 15) is 22.8 Å². The van der Waals surface area contributed by atoms with Crippen molar-refractivity contribution in [1.29, 1.82) is 5.26 Å². The molecule has 34 heavy (non-hydrogen) atoms. The van der Waals surface area contributed by atoms with Crippen LogP contribution < -0.4 is 10.2 Å². The van der Waals surface area contributed by atoms with Crippen LogP contribution in [0.2, 0.25) is 0 Å². The molecule has 4 rings (SSSR count). The van der Waals surface area contributed by atoms with E-state index >= 15 is 0 Å². The molecule has 0 radical (unpaired) electrons. The molecule has 3 heterocycles. The second-order valence-corrected chi connectivity index (χ2v) is 8.64. The lowest BCUT2D eigenvalue weighted by Crippen LogP contribution is -2.48. The smallest absolute Gasteiger partial charge is 0.371 e. The van der Waals surface area contributed by atoms with E-state index in [1.807, 2.05) is 4.90 Å². The number of carbonyl (C=O) groups is 2. The number of benzene rings is 1. The molecule has 1 aromatic carbocycles. The van der Waals surface area contributed by atoms with Crippen LogP contribution in [0.5, 0.6) is 0 Å². The lowest BCUT2D eigenvalue weighted by Gasteiger charge is -2.43. The molecule has 2 amide bonds. The van der Waals surface area contributed by atoms with E-state index in [0.29, 0.717) is 38.2 Å². The van der Waals surface area contributed by atoms with E-state index in [1.165, 1.54) is 30.7 Å². The molecule has 0 aliphatic carbocycles. The van der Waals surface area contributed by atoms with Gasteiger partial charge in [0.15, 0.2) is 0 Å². The van der Waals surface area contributed by atoms with Gasteiger partial charge in [0.1, 0.15) is 12.0 Å². The first kappa shape index (κ1) is 23.5. The van der Waals surface area contributed by atoms with Crippen molar-refractivity contribution < 1.29 is 22.8 Å². The number of nitrogens with zero attached hydrogens (tertiary/aromatic N) is 5. The molecular weight excluding hydrogens is 449 g/mol. The number of carbonyl (C=O) groups excluding carboxylic acids is 2. The summed E-state index contributed by atoms with van der Waals surface area (Å²) in [6.45, 7) is 1.46. The number of likely N-dealkylation sites (tertiary alicyclic amines) is 1. The van der Waals surface area contributed by atoms with Gasteiger partial charge in [0.25, 0.3) is 5.91 Å². The number of nitriles is 1. The van der Waals surface area contributed by atoms with Crippen LogP contribution in [0.4, 0.5) is 18.9 Å². The summed E-state index contributed by atoms with van der Waals surface area (Å²) in [5, 5.41) is 11.7. The lowest BCUT2D eigenvalue weighted by molar-refractivity contribution is -0.137. The molecule has 2 aromatic rings. The third-order valence-electron chi connectivity index (χ3n) is 6.85. The molecule has 0 saturated carbocycles. The molecule has 1 N–H and O–H groups in total. The zero-order valence-corrected chi connectivity index (χ0v) is 18.5. The van der Waals surface area contributed by atoms with Gasteiger partial charge < -0.3 is 15.1 Å². The van der Waals surface area contributed by atoms with E-state index in [4.69, 9.17) is 5.26 Å². The zero-order chi connectivity index (χ0) is 24.5. The first-order valence-corrected chi connectivity index (χ1v) is 10.8. The maximum atomic E-state index is 13.4. The Labute approximate surface area is 194 Å². The summed E-state index contributed by atoms with van der Waals surface area (Å²) in [4.78, 5) is 37.0. The second kappa shape index (κ2) is 8.93. The van der Waals surface area contributed by atoms with Gasteiger partial charge in [-0.15, -0.1) is 0 Å². The summed E-state index contributed by atoms with van der Waals surface area (Å²) in [5.41, 5.74) is -1.24. The molecule has 8 nitrogen and oxygen atoms in total. The fourth-order valence-electron chi connectivity index (χ4n) is 5.02. The summed E-state index contributed by atoms with van der Waals surface area (Å²) in [6.07, 6.45) is -0.802. The standard InChI is InChI=1S/C23H23F3N6O2/c1-28-20(33)18-12-32(21(34)19-4-7-29-14-30-19)13-22(18)5-8-31(9-6-22)16-3-2-15(11-27)17(10-16)23(24,25)26/h2-4,7,10,14,18H,5-6,8-9,12-13H2,1H3,(H,28,33). The third-order valence-corrected chi connectivity index (χ3v) is 6.85. The number of aromatic nitrogens is 2. The van der Waals surface area contributed by atoms with Crippen LogP contribution in [-0.2, 0) is 11.0 Å². The minimum absolute atomic E-state index is 0.163. The van der Waals surface area contributed by atoms with Crippen LogP contribution in [0.25, 0.3) is 0 Å². The van der Waals surface area contributed by atoms with Gasteiger partial charge in [-0.05, 0) is 37.1 Å². The van der Waals surface area contributed by atoms with E-state index in [-0.39, 0.29) is 24.1 Å². The van der Waals surface area contributed by atoms with E-state index in [1.54, 1.807) is 18.0 Å². The highest BCUT2D eigenvalue weighted by Crippen LogP contribution is 2.46. The number of amides is 2. The number of hydrogen-bond donors (Lipinski definition) is 1. The fraction of sp³-hybridized carbons (Fsp3) is 0.435. The van der Waals surface area contributed by atoms with Gasteiger partial charge >= 0.3 is 6.18 Å². The highest BCUT2D eigenvalue weighted by Gasteiger charge is 2.52. The number of hydrogen-bond acceptors (Lipinski definition) is 6. The maximum absolute atomic E-state index is 13.4. The fourth-order valence-corrected chi connectivity index (χ4v) is 5.02. The van der Waals surface area contributed by atoms with Crippen molar-refractivity contribution in [2.75, 3.05) is 38.1 Å². The topological polar surface area (TPSA) is 102 Å². The Morgan fingerprint density at radius 3 is 2.56 bits per heavy atom. The molecule has 11 heteroatoms. The molecule has 178 valence electrons. The lowest BCUT2D eigenvalue weighted by atomic mass is 9.70. The summed E-state index contributed by atoms with van der Waals surface area (Å²) in [5.74, 6) is -0.876. The summed E-state index contributed by atoms with van der Waals surface area (Å²) >= 11 is 0. The van der Waals surface area contributed by atoms with Crippen LogP contribution >= 0.6 is 0 Å². The Balaban J connectivity index is 1.55. The first-order valence-electron chi connectivity index (χ1n) is 10.8. The number of rotatable bonds is 3. The molecule has 2 aliphatic rings. The van der Waals surface area contributed by atoms with Crippen molar-refractivity contribution in [2.45, 2.75) is 19.0 Å². The molecule has 1 spiro atoms. The van der Waals surface area contributed by atoms with Crippen molar-refractivity contribution in [1.82, 2.24) is 20.2 Å². The van der Waals surface area contributed by atoms with Crippen LogP contribution in [0.3, 0.4) is 0 Å². The molecule has 1 aromatic heterocycles. The van der Waals surface area contributed by atoms with Gasteiger partial charge in [0.2, 0.25) is 5.91 Å². The Kier molecular flexibility index (Phi) is 6.17. The van der Waals surface area contributed by atoms with Crippen LogP contribution in [-0.4, -0.2) is 59.9 Å². The molecule has 2 aliphatic heterocycles. The van der Waals surface area contributed by atoms with E-state index < -0.39 is 28.6 Å². The van der Waals surface area contributed by atoms with Crippen LogP contribution in [0.1, 0.15) is 34.5 Å². The minimum atomic E-state index is -4.63. The SMILES string of the molecule is CNC(=O)C1CN(C(=O)c2ccncn2)CC12CCN(c1ccc(C#N)c(C(F)(F)F)c1)CC2. The maximum Gasteiger partial charge on any atom is 0.417 e. The molecule has 1 unspecified atom stereocenters. The van der Waals surface area contributed by atoms with E-state index in [2.05, 4.69) is 15.3 Å². The van der Waals surface area contributed by atoms with Gasteiger partial charge in [-0.2, -0.15) is 18.4 Å². The molecule has 2 saturated heterocycles. The molecule has 0 bridgehead atoms. The van der Waals surface area contributed by atoms with Crippen molar-refractivity contribution >= 4 is 17.5 Å². The van der Waals surface area contributed by atoms with Crippen molar-refractivity contribution in [3.05, 3.63) is 53.6 Å². The molecule has 1 atom stereocenters. The monoisotopic (exact) mass is 472 g/mol.